The molecule has 4 rings (SSSR count). The SMILES string of the molecule is CCOC(=O)c1cc(C)sc1NC(=O)c1cc(-c2ccccn2)nc2c(C)c(Cl)ccc12. The molecule has 0 aliphatic rings. The Morgan fingerprint density at radius 2 is 1.91 bits per heavy atom. The average molecular weight is 466 g/mol. The lowest BCUT2D eigenvalue weighted by Gasteiger charge is -2.12. The van der Waals surface area contributed by atoms with Crippen LogP contribution in [-0.4, -0.2) is 28.5 Å². The molecule has 8 heteroatoms. The van der Waals surface area contributed by atoms with Gasteiger partial charge in [-0.3, -0.25) is 9.78 Å². The first-order chi connectivity index (χ1) is 15.4. The van der Waals surface area contributed by atoms with Gasteiger partial charge in [0.25, 0.3) is 5.91 Å². The van der Waals surface area contributed by atoms with Gasteiger partial charge >= 0.3 is 5.97 Å². The Morgan fingerprint density at radius 1 is 1.09 bits per heavy atom. The fourth-order valence-electron chi connectivity index (χ4n) is 3.38. The lowest BCUT2D eigenvalue weighted by molar-refractivity contribution is 0.0528. The van der Waals surface area contributed by atoms with Gasteiger partial charge in [0.1, 0.15) is 5.00 Å². The summed E-state index contributed by atoms with van der Waals surface area (Å²) in [6.07, 6.45) is 1.67. The first kappa shape index (κ1) is 21.9. The second-order valence-electron chi connectivity index (χ2n) is 7.11. The summed E-state index contributed by atoms with van der Waals surface area (Å²) in [6.45, 7) is 5.73. The molecule has 0 saturated heterocycles. The second-order valence-corrected chi connectivity index (χ2v) is 8.78. The van der Waals surface area contributed by atoms with E-state index in [1.165, 1.54) is 11.3 Å². The maximum atomic E-state index is 13.4. The van der Waals surface area contributed by atoms with Gasteiger partial charge in [0, 0.05) is 21.5 Å². The molecule has 0 fully saturated rings. The van der Waals surface area contributed by atoms with Crippen LogP contribution < -0.4 is 5.32 Å². The number of rotatable bonds is 5. The highest BCUT2D eigenvalue weighted by Crippen LogP contribution is 2.32. The number of nitrogens with one attached hydrogen (secondary N) is 1. The summed E-state index contributed by atoms with van der Waals surface area (Å²) in [5.41, 5.74) is 3.35. The molecular formula is C24H20ClN3O3S. The highest BCUT2D eigenvalue weighted by Gasteiger charge is 2.21. The van der Waals surface area contributed by atoms with E-state index in [0.717, 1.165) is 10.4 Å². The molecule has 0 atom stereocenters. The number of thiophene rings is 1. The molecule has 0 unspecified atom stereocenters. The summed E-state index contributed by atoms with van der Waals surface area (Å²) < 4.78 is 5.13. The number of hydrogen-bond acceptors (Lipinski definition) is 6. The van der Waals surface area contributed by atoms with E-state index in [-0.39, 0.29) is 12.5 Å². The van der Waals surface area contributed by atoms with Crippen LogP contribution in [0.15, 0.2) is 48.7 Å². The first-order valence-electron chi connectivity index (χ1n) is 9.99. The van der Waals surface area contributed by atoms with E-state index in [1.807, 2.05) is 32.0 Å². The fraction of sp³-hybridized carbons (Fsp3) is 0.167. The van der Waals surface area contributed by atoms with Crippen molar-refractivity contribution in [3.8, 4) is 11.4 Å². The molecule has 0 aliphatic heterocycles. The zero-order valence-corrected chi connectivity index (χ0v) is 19.3. The Labute approximate surface area is 194 Å². The summed E-state index contributed by atoms with van der Waals surface area (Å²) in [7, 11) is 0. The van der Waals surface area contributed by atoms with E-state index in [1.54, 1.807) is 37.4 Å². The number of fused-ring (bicyclic) bond motifs is 1. The number of carbonyl (C=O) groups is 2. The van der Waals surface area contributed by atoms with Crippen molar-refractivity contribution in [3.05, 3.63) is 75.3 Å². The molecule has 0 bridgehead atoms. The van der Waals surface area contributed by atoms with Crippen molar-refractivity contribution in [1.29, 1.82) is 0 Å². The Balaban J connectivity index is 1.83. The average Bonchev–Trinajstić information content (AvgIpc) is 3.16. The van der Waals surface area contributed by atoms with E-state index in [9.17, 15) is 9.59 Å². The van der Waals surface area contributed by atoms with Gasteiger partial charge in [0.2, 0.25) is 0 Å². The molecule has 1 amide bonds. The smallest absolute Gasteiger partial charge is 0.341 e. The van der Waals surface area contributed by atoms with Gasteiger partial charge in [0.05, 0.1) is 34.6 Å². The van der Waals surface area contributed by atoms with Gasteiger partial charge in [-0.1, -0.05) is 23.7 Å². The van der Waals surface area contributed by atoms with Crippen molar-refractivity contribution in [3.63, 3.8) is 0 Å². The third-order valence-corrected chi connectivity index (χ3v) is 6.29. The van der Waals surface area contributed by atoms with Crippen LogP contribution in [0.25, 0.3) is 22.3 Å². The van der Waals surface area contributed by atoms with Crippen LogP contribution in [0.5, 0.6) is 0 Å². The maximum absolute atomic E-state index is 13.4. The van der Waals surface area contributed by atoms with Crippen molar-refractivity contribution >= 4 is 50.7 Å². The summed E-state index contributed by atoms with van der Waals surface area (Å²) in [5, 5.41) is 4.56. The van der Waals surface area contributed by atoms with Gasteiger partial charge in [-0.25, -0.2) is 9.78 Å². The topological polar surface area (TPSA) is 81.2 Å². The number of nitrogens with zero attached hydrogens (tertiary/aromatic N) is 2. The van der Waals surface area contributed by atoms with Crippen LogP contribution in [-0.2, 0) is 4.74 Å². The third kappa shape index (κ3) is 4.22. The van der Waals surface area contributed by atoms with Crippen molar-refractivity contribution in [2.24, 2.45) is 0 Å². The van der Waals surface area contributed by atoms with Crippen molar-refractivity contribution in [2.45, 2.75) is 20.8 Å². The van der Waals surface area contributed by atoms with Crippen molar-refractivity contribution < 1.29 is 14.3 Å². The van der Waals surface area contributed by atoms with Gasteiger partial charge in [0.15, 0.2) is 0 Å². The largest absolute Gasteiger partial charge is 0.462 e. The Morgan fingerprint density at radius 3 is 2.62 bits per heavy atom. The minimum Gasteiger partial charge on any atom is -0.462 e. The molecule has 0 aliphatic carbocycles. The zero-order chi connectivity index (χ0) is 22.8. The number of carbonyl (C=O) groups excluding carboxylic acids is 2. The summed E-state index contributed by atoms with van der Waals surface area (Å²) in [6, 6.07) is 12.5. The van der Waals surface area contributed by atoms with Crippen LogP contribution in [0.3, 0.4) is 0 Å². The molecule has 1 N–H and O–H groups in total. The highest BCUT2D eigenvalue weighted by molar-refractivity contribution is 7.16. The van der Waals surface area contributed by atoms with Gasteiger partial charge in [-0.05, 0) is 56.7 Å². The Hall–Kier alpha value is -3.29. The Kier molecular flexibility index (Phi) is 6.21. The second kappa shape index (κ2) is 9.06. The molecule has 32 heavy (non-hydrogen) atoms. The number of halogens is 1. The van der Waals surface area contributed by atoms with Crippen molar-refractivity contribution in [2.75, 3.05) is 11.9 Å². The number of benzene rings is 1. The number of pyridine rings is 2. The van der Waals surface area contributed by atoms with E-state index in [2.05, 4.69) is 10.3 Å². The van der Waals surface area contributed by atoms with Gasteiger partial charge < -0.3 is 10.1 Å². The number of aromatic nitrogens is 2. The highest BCUT2D eigenvalue weighted by atomic mass is 35.5. The number of hydrogen-bond donors (Lipinski definition) is 1. The Bertz CT molecular complexity index is 1340. The summed E-state index contributed by atoms with van der Waals surface area (Å²) >= 11 is 7.65. The van der Waals surface area contributed by atoms with Crippen LogP contribution in [0.4, 0.5) is 5.00 Å². The predicted molar refractivity (Wildman–Crippen MR) is 128 cm³/mol. The molecule has 6 nitrogen and oxygen atoms in total. The quantitative estimate of drug-likeness (QED) is 0.362. The lowest BCUT2D eigenvalue weighted by Crippen LogP contribution is -2.15. The van der Waals surface area contributed by atoms with Crippen LogP contribution in [0.1, 0.15) is 38.1 Å². The predicted octanol–water partition coefficient (Wildman–Crippen LogP) is 6.06. The first-order valence-corrected chi connectivity index (χ1v) is 11.2. The summed E-state index contributed by atoms with van der Waals surface area (Å²) in [5.74, 6) is -0.827. The van der Waals surface area contributed by atoms with E-state index >= 15 is 0 Å². The van der Waals surface area contributed by atoms with Crippen LogP contribution in [0, 0.1) is 13.8 Å². The van der Waals surface area contributed by atoms with Crippen molar-refractivity contribution in [1.82, 2.24) is 9.97 Å². The molecule has 0 saturated carbocycles. The lowest BCUT2D eigenvalue weighted by atomic mass is 10.0. The molecule has 1 aromatic carbocycles. The summed E-state index contributed by atoms with van der Waals surface area (Å²) in [4.78, 5) is 35.7. The molecule has 162 valence electrons. The maximum Gasteiger partial charge on any atom is 0.341 e. The number of aryl methyl sites for hydroxylation is 2. The molecule has 0 radical (unpaired) electrons. The normalized spacial score (nSPS) is 10.9. The molecule has 3 heterocycles. The molecule has 0 spiro atoms. The standard InChI is InChI=1S/C24H20ClN3O3S/c1-4-31-24(30)17-11-13(2)32-23(17)28-22(29)16-12-20(19-7-5-6-10-26-19)27-21-14(3)18(25)9-8-15(16)21/h5-12H,4H2,1-3H3,(H,28,29). The van der Waals surface area contributed by atoms with E-state index in [0.29, 0.717) is 43.4 Å². The van der Waals surface area contributed by atoms with Gasteiger partial charge in [-0.2, -0.15) is 0 Å². The number of amides is 1. The minimum absolute atomic E-state index is 0.254. The molecule has 3 aromatic heterocycles. The van der Waals surface area contributed by atoms with Crippen LogP contribution >= 0.6 is 22.9 Å². The van der Waals surface area contributed by atoms with E-state index in [4.69, 9.17) is 21.3 Å². The number of ether oxygens (including phenoxy) is 1. The monoisotopic (exact) mass is 465 g/mol. The van der Waals surface area contributed by atoms with E-state index < -0.39 is 5.97 Å². The molecular weight excluding hydrogens is 446 g/mol. The van der Waals surface area contributed by atoms with Gasteiger partial charge in [-0.15, -0.1) is 11.3 Å². The minimum atomic E-state index is -0.469. The number of anilines is 1. The fourth-order valence-corrected chi connectivity index (χ4v) is 4.42. The third-order valence-electron chi connectivity index (χ3n) is 4.92. The zero-order valence-electron chi connectivity index (χ0n) is 17.7. The number of esters is 1. The van der Waals surface area contributed by atoms with Crippen LogP contribution in [0.2, 0.25) is 5.02 Å². The molecule has 4 aromatic rings.